The van der Waals surface area contributed by atoms with E-state index in [9.17, 15) is 4.79 Å². The molecule has 0 spiro atoms. The van der Waals surface area contributed by atoms with E-state index in [2.05, 4.69) is 11.6 Å². The summed E-state index contributed by atoms with van der Waals surface area (Å²) < 4.78 is 16.5. The molecule has 1 atom stereocenters. The Balaban J connectivity index is 2.19. The number of carbonyl (C=O) groups excluding carboxylic acids is 1. The first kappa shape index (κ1) is 15.5. The molecule has 7 heteroatoms. The minimum atomic E-state index is -0.832. The fraction of sp³-hybridized carbons (Fsp3) is 0.429. The van der Waals surface area contributed by atoms with Gasteiger partial charge in [-0.1, -0.05) is 12.1 Å². The van der Waals surface area contributed by atoms with Crippen LogP contribution in [-0.4, -0.2) is 30.4 Å². The lowest BCUT2D eigenvalue weighted by atomic mass is 9.79. The maximum Gasteiger partial charge on any atom is 0.496 e. The zero-order valence-corrected chi connectivity index (χ0v) is 12.2. The number of amides is 1. The van der Waals surface area contributed by atoms with Gasteiger partial charge in [0.05, 0.1) is 12.2 Å². The average Bonchev–Trinajstić information content (AvgIpc) is 2.78. The third-order valence-corrected chi connectivity index (χ3v) is 3.07. The first-order chi connectivity index (χ1) is 9.91. The summed E-state index contributed by atoms with van der Waals surface area (Å²) in [5, 5.41) is 0. The van der Waals surface area contributed by atoms with Gasteiger partial charge in [-0.3, -0.25) is 4.98 Å². The number of ether oxygens (including phenoxy) is 1. The minimum Gasteiger partial charge on any atom is -0.441 e. The third-order valence-electron chi connectivity index (χ3n) is 3.07. The maximum atomic E-state index is 11.0. The Kier molecular flexibility index (Phi) is 4.64. The summed E-state index contributed by atoms with van der Waals surface area (Å²) in [6.07, 6.45) is 4.06. The zero-order valence-electron chi connectivity index (χ0n) is 12.2. The van der Waals surface area contributed by atoms with Crippen molar-refractivity contribution in [2.75, 3.05) is 6.61 Å². The number of nitrogens with two attached hydrogens (primary N) is 1. The van der Waals surface area contributed by atoms with Crippen molar-refractivity contribution in [2.45, 2.75) is 32.0 Å². The summed E-state index contributed by atoms with van der Waals surface area (Å²) in [4.78, 5) is 15.1. The molecular weight excluding hydrogens is 271 g/mol. The SMILES string of the molecule is C=CC[C@H](OC(N)=O)c1cncc(B2OCC(C)(C)O2)c1. The average molecular weight is 290 g/mol. The molecule has 0 saturated carbocycles. The highest BCUT2D eigenvalue weighted by Crippen LogP contribution is 2.22. The van der Waals surface area contributed by atoms with Gasteiger partial charge in [0, 0.05) is 29.8 Å². The van der Waals surface area contributed by atoms with Gasteiger partial charge < -0.3 is 19.8 Å². The van der Waals surface area contributed by atoms with E-state index >= 15 is 0 Å². The van der Waals surface area contributed by atoms with Crippen molar-refractivity contribution in [1.29, 1.82) is 0 Å². The molecule has 0 aromatic carbocycles. The lowest BCUT2D eigenvalue weighted by molar-refractivity contribution is 0.108. The fourth-order valence-corrected chi connectivity index (χ4v) is 2.12. The van der Waals surface area contributed by atoms with Gasteiger partial charge in [0.25, 0.3) is 0 Å². The molecule has 2 N–H and O–H groups in total. The lowest BCUT2D eigenvalue weighted by Crippen LogP contribution is -2.35. The molecule has 1 aliphatic heterocycles. The van der Waals surface area contributed by atoms with Crippen LogP contribution in [0.1, 0.15) is 31.9 Å². The van der Waals surface area contributed by atoms with Crippen LogP contribution in [0.2, 0.25) is 0 Å². The van der Waals surface area contributed by atoms with Crippen LogP contribution < -0.4 is 11.2 Å². The molecule has 2 heterocycles. The van der Waals surface area contributed by atoms with Gasteiger partial charge in [0.1, 0.15) is 6.10 Å². The van der Waals surface area contributed by atoms with Crippen LogP contribution in [0.5, 0.6) is 0 Å². The Morgan fingerprint density at radius 3 is 3.00 bits per heavy atom. The van der Waals surface area contributed by atoms with Gasteiger partial charge in [-0.15, -0.1) is 6.58 Å². The molecule has 2 rings (SSSR count). The fourth-order valence-electron chi connectivity index (χ4n) is 2.12. The van der Waals surface area contributed by atoms with Crippen LogP contribution >= 0.6 is 0 Å². The second-order valence-electron chi connectivity index (χ2n) is 5.52. The van der Waals surface area contributed by atoms with E-state index in [1.807, 2.05) is 19.9 Å². The van der Waals surface area contributed by atoms with Gasteiger partial charge in [0.15, 0.2) is 0 Å². The molecular formula is C14H19BN2O4. The highest BCUT2D eigenvalue weighted by Gasteiger charge is 2.38. The molecule has 0 bridgehead atoms. The largest absolute Gasteiger partial charge is 0.496 e. The molecule has 1 aromatic heterocycles. The topological polar surface area (TPSA) is 83.7 Å². The second kappa shape index (κ2) is 6.28. The monoisotopic (exact) mass is 290 g/mol. The summed E-state index contributed by atoms with van der Waals surface area (Å²) in [5.41, 5.74) is 6.27. The number of rotatable bonds is 5. The molecule has 1 fully saturated rings. The summed E-state index contributed by atoms with van der Waals surface area (Å²) in [5.74, 6) is 0. The first-order valence-corrected chi connectivity index (χ1v) is 6.72. The van der Waals surface area contributed by atoms with Crippen LogP contribution in [0.15, 0.2) is 31.1 Å². The van der Waals surface area contributed by atoms with Crippen molar-refractivity contribution in [3.63, 3.8) is 0 Å². The van der Waals surface area contributed by atoms with E-state index in [4.69, 9.17) is 19.8 Å². The molecule has 21 heavy (non-hydrogen) atoms. The molecule has 1 amide bonds. The van der Waals surface area contributed by atoms with Crippen molar-refractivity contribution in [1.82, 2.24) is 4.98 Å². The van der Waals surface area contributed by atoms with E-state index in [1.54, 1.807) is 18.5 Å². The predicted octanol–water partition coefficient (Wildman–Crippen LogP) is 1.31. The lowest BCUT2D eigenvalue weighted by Gasteiger charge is -2.17. The van der Waals surface area contributed by atoms with Crippen molar-refractivity contribution in [2.24, 2.45) is 5.73 Å². The van der Waals surface area contributed by atoms with Crippen LogP contribution in [0, 0.1) is 0 Å². The normalized spacial score (nSPS) is 18.3. The Morgan fingerprint density at radius 2 is 2.43 bits per heavy atom. The van der Waals surface area contributed by atoms with Crippen LogP contribution in [0.3, 0.4) is 0 Å². The van der Waals surface area contributed by atoms with Gasteiger partial charge in [0.2, 0.25) is 0 Å². The number of primary amides is 1. The van der Waals surface area contributed by atoms with Crippen molar-refractivity contribution in [3.8, 4) is 0 Å². The third kappa shape index (κ3) is 4.06. The molecule has 1 saturated heterocycles. The molecule has 6 nitrogen and oxygen atoms in total. The predicted molar refractivity (Wildman–Crippen MR) is 79.0 cm³/mol. The zero-order chi connectivity index (χ0) is 15.5. The number of pyridine rings is 1. The van der Waals surface area contributed by atoms with Crippen molar-refractivity contribution >= 4 is 18.7 Å². The Labute approximate surface area is 124 Å². The van der Waals surface area contributed by atoms with Crippen LogP contribution in [0.25, 0.3) is 0 Å². The highest BCUT2D eigenvalue weighted by molar-refractivity contribution is 6.61. The van der Waals surface area contributed by atoms with E-state index in [0.29, 0.717) is 13.0 Å². The molecule has 0 radical (unpaired) electrons. The first-order valence-electron chi connectivity index (χ1n) is 6.72. The van der Waals surface area contributed by atoms with Gasteiger partial charge in [-0.05, 0) is 13.8 Å². The van der Waals surface area contributed by atoms with E-state index in [0.717, 1.165) is 11.0 Å². The van der Waals surface area contributed by atoms with Crippen LogP contribution in [-0.2, 0) is 14.0 Å². The number of hydrogen-bond acceptors (Lipinski definition) is 5. The molecule has 1 aromatic rings. The number of hydrogen-bond donors (Lipinski definition) is 1. The summed E-state index contributed by atoms with van der Waals surface area (Å²) in [6.45, 7) is 8.08. The summed E-state index contributed by atoms with van der Waals surface area (Å²) in [6, 6.07) is 1.84. The van der Waals surface area contributed by atoms with Gasteiger partial charge >= 0.3 is 13.2 Å². The molecule has 112 valence electrons. The molecule has 1 aliphatic rings. The molecule has 0 unspecified atom stereocenters. The molecule has 0 aliphatic carbocycles. The Hall–Kier alpha value is -1.86. The van der Waals surface area contributed by atoms with Gasteiger partial charge in [-0.25, -0.2) is 4.79 Å². The Bertz CT molecular complexity index is 535. The number of aromatic nitrogens is 1. The summed E-state index contributed by atoms with van der Waals surface area (Å²) >= 11 is 0. The number of nitrogens with zero attached hydrogens (tertiary/aromatic N) is 1. The van der Waals surface area contributed by atoms with Crippen LogP contribution in [0.4, 0.5) is 4.79 Å². The standard InChI is InChI=1S/C14H19BN2O4/c1-4-5-12(20-13(16)18)10-6-11(8-17-7-10)15-19-9-14(2,3)21-15/h4,6-8,12H,1,5,9H2,2-3H3,(H2,16,18)/t12-/m0/s1. The minimum absolute atomic E-state index is 0.328. The number of carbonyl (C=O) groups is 1. The van der Waals surface area contributed by atoms with Gasteiger partial charge in [-0.2, -0.15) is 0 Å². The van der Waals surface area contributed by atoms with E-state index < -0.39 is 19.3 Å². The van der Waals surface area contributed by atoms with Crippen molar-refractivity contribution < 1.29 is 18.8 Å². The highest BCUT2D eigenvalue weighted by atomic mass is 16.7. The summed E-state index contributed by atoms with van der Waals surface area (Å²) in [7, 11) is -0.467. The smallest absolute Gasteiger partial charge is 0.441 e. The van der Waals surface area contributed by atoms with E-state index in [1.165, 1.54) is 0 Å². The second-order valence-corrected chi connectivity index (χ2v) is 5.52. The maximum absolute atomic E-state index is 11.0. The van der Waals surface area contributed by atoms with E-state index in [-0.39, 0.29) is 5.60 Å². The van der Waals surface area contributed by atoms with Crippen molar-refractivity contribution in [3.05, 3.63) is 36.7 Å². The Morgan fingerprint density at radius 1 is 1.67 bits per heavy atom. The quantitative estimate of drug-likeness (QED) is 0.653.